The van der Waals surface area contributed by atoms with Crippen LogP contribution in [-0.2, 0) is 0 Å². The minimum absolute atomic E-state index is 0.0233. The molecule has 1 aromatic carbocycles. The molecular weight excluding hydrogens is 296 g/mol. The predicted molar refractivity (Wildman–Crippen MR) is 90.6 cm³/mol. The summed E-state index contributed by atoms with van der Waals surface area (Å²) < 4.78 is 0. The van der Waals surface area contributed by atoms with Crippen molar-refractivity contribution in [2.45, 2.75) is 38.3 Å². The van der Waals surface area contributed by atoms with E-state index in [4.69, 9.17) is 11.6 Å². The van der Waals surface area contributed by atoms with Crippen molar-refractivity contribution >= 4 is 17.3 Å². The Hall–Kier alpha value is -0.770. The lowest BCUT2D eigenvalue weighted by atomic mass is 9.74. The maximum atomic E-state index is 9.83. The zero-order valence-electron chi connectivity index (χ0n) is 13.2. The summed E-state index contributed by atoms with van der Waals surface area (Å²) in [6, 6.07) is 7.11. The van der Waals surface area contributed by atoms with Crippen LogP contribution in [0.4, 0.5) is 5.69 Å². The Balaban J connectivity index is 1.35. The summed E-state index contributed by atoms with van der Waals surface area (Å²) in [5.41, 5.74) is 2.40. The summed E-state index contributed by atoms with van der Waals surface area (Å²) in [7, 11) is 0. The van der Waals surface area contributed by atoms with Gasteiger partial charge in [0.2, 0.25) is 0 Å². The summed E-state index contributed by atoms with van der Waals surface area (Å²) in [4.78, 5) is 5.10. The van der Waals surface area contributed by atoms with E-state index >= 15 is 0 Å². The topological polar surface area (TPSA) is 26.7 Å². The summed E-state index contributed by atoms with van der Waals surface area (Å²) >= 11 is 6.26. The molecule has 0 spiro atoms. The van der Waals surface area contributed by atoms with Crippen LogP contribution in [0.1, 0.15) is 24.8 Å². The molecular formula is C18H25ClN2O. The molecule has 1 aromatic rings. The lowest BCUT2D eigenvalue weighted by Gasteiger charge is -2.38. The second-order valence-corrected chi connectivity index (χ2v) is 7.74. The van der Waals surface area contributed by atoms with E-state index < -0.39 is 0 Å². The molecule has 3 nitrogen and oxygen atoms in total. The first-order chi connectivity index (χ1) is 10.6. The van der Waals surface area contributed by atoms with Crippen LogP contribution in [0.15, 0.2) is 18.2 Å². The summed E-state index contributed by atoms with van der Waals surface area (Å²) in [6.45, 7) is 6.60. The van der Waals surface area contributed by atoms with Crippen LogP contribution in [0.25, 0.3) is 0 Å². The summed E-state index contributed by atoms with van der Waals surface area (Å²) in [5.74, 6) is 1.33. The number of fused-ring (bicyclic) bond motifs is 1. The quantitative estimate of drug-likeness (QED) is 0.907. The van der Waals surface area contributed by atoms with E-state index in [1.54, 1.807) is 0 Å². The van der Waals surface area contributed by atoms with Crippen molar-refractivity contribution in [1.29, 1.82) is 0 Å². The number of hydrogen-bond acceptors (Lipinski definition) is 3. The smallest absolute Gasteiger partial charge is 0.0587 e. The molecule has 4 heteroatoms. The van der Waals surface area contributed by atoms with E-state index in [2.05, 4.69) is 34.9 Å². The molecule has 3 atom stereocenters. The van der Waals surface area contributed by atoms with Gasteiger partial charge in [-0.05, 0) is 49.8 Å². The van der Waals surface area contributed by atoms with E-state index in [9.17, 15) is 5.11 Å². The van der Waals surface area contributed by atoms with Crippen molar-refractivity contribution in [3.8, 4) is 0 Å². The fourth-order valence-electron chi connectivity index (χ4n) is 4.47. The highest BCUT2D eigenvalue weighted by Gasteiger charge is 2.47. The lowest BCUT2D eigenvalue weighted by molar-refractivity contribution is -0.00448. The van der Waals surface area contributed by atoms with Crippen molar-refractivity contribution < 1.29 is 5.11 Å². The number of halogens is 1. The molecule has 120 valence electrons. The number of anilines is 1. The second-order valence-electron chi connectivity index (χ2n) is 7.33. The maximum absolute atomic E-state index is 9.83. The van der Waals surface area contributed by atoms with Crippen LogP contribution in [0.5, 0.6) is 0 Å². The van der Waals surface area contributed by atoms with E-state index in [1.807, 2.05) is 0 Å². The minimum atomic E-state index is -0.0233. The SMILES string of the molecule is Cc1ccc(N2CCC(N3C[C@H]4C[C@H](O)[C@H]4C3)CC2)cc1Cl. The average molecular weight is 321 g/mol. The fraction of sp³-hybridized carbons (Fsp3) is 0.667. The summed E-state index contributed by atoms with van der Waals surface area (Å²) in [6.07, 6.45) is 3.45. The van der Waals surface area contributed by atoms with E-state index in [1.165, 1.54) is 25.1 Å². The third-order valence-corrected chi connectivity index (χ3v) is 6.47. The molecule has 1 saturated carbocycles. The van der Waals surface area contributed by atoms with Crippen molar-refractivity contribution in [1.82, 2.24) is 4.90 Å². The Morgan fingerprint density at radius 3 is 2.59 bits per heavy atom. The van der Waals surface area contributed by atoms with Gasteiger partial charge in [-0.15, -0.1) is 0 Å². The Bertz CT molecular complexity index is 556. The van der Waals surface area contributed by atoms with Gasteiger partial charge in [-0.25, -0.2) is 0 Å². The third kappa shape index (κ3) is 2.53. The number of hydrogen-bond donors (Lipinski definition) is 1. The monoisotopic (exact) mass is 320 g/mol. The van der Waals surface area contributed by atoms with Gasteiger partial charge in [0.05, 0.1) is 6.10 Å². The van der Waals surface area contributed by atoms with Gasteiger partial charge in [0.15, 0.2) is 0 Å². The number of rotatable bonds is 2. The van der Waals surface area contributed by atoms with E-state index in [-0.39, 0.29) is 6.10 Å². The summed E-state index contributed by atoms with van der Waals surface area (Å²) in [5, 5.41) is 10.7. The van der Waals surface area contributed by atoms with Crippen LogP contribution in [0, 0.1) is 18.8 Å². The number of nitrogens with zero attached hydrogens (tertiary/aromatic N) is 2. The van der Waals surface area contributed by atoms with Gasteiger partial charge in [-0.3, -0.25) is 4.90 Å². The fourth-order valence-corrected chi connectivity index (χ4v) is 4.65. The average Bonchev–Trinajstić information content (AvgIpc) is 2.87. The normalized spacial score (nSPS) is 32.9. The molecule has 0 aromatic heterocycles. The van der Waals surface area contributed by atoms with Crippen LogP contribution in [0.2, 0.25) is 5.02 Å². The van der Waals surface area contributed by atoms with E-state index in [0.29, 0.717) is 12.0 Å². The highest BCUT2D eigenvalue weighted by Crippen LogP contribution is 2.42. The number of likely N-dealkylation sites (tertiary alicyclic amines) is 1. The molecule has 0 bridgehead atoms. The number of benzene rings is 1. The molecule has 0 radical (unpaired) electrons. The highest BCUT2D eigenvalue weighted by molar-refractivity contribution is 6.31. The largest absolute Gasteiger partial charge is 0.393 e. The molecule has 4 rings (SSSR count). The van der Waals surface area contributed by atoms with E-state index in [0.717, 1.165) is 42.6 Å². The number of aliphatic hydroxyl groups is 1. The molecule has 2 aliphatic heterocycles. The molecule has 0 unspecified atom stereocenters. The maximum Gasteiger partial charge on any atom is 0.0587 e. The Labute approximate surface area is 137 Å². The van der Waals surface area contributed by atoms with Crippen LogP contribution in [-0.4, -0.2) is 48.3 Å². The zero-order valence-corrected chi connectivity index (χ0v) is 14.0. The highest BCUT2D eigenvalue weighted by atomic mass is 35.5. The molecule has 22 heavy (non-hydrogen) atoms. The zero-order chi connectivity index (χ0) is 15.3. The molecule has 3 aliphatic rings. The first-order valence-electron chi connectivity index (χ1n) is 8.55. The second kappa shape index (κ2) is 5.70. The standard InChI is InChI=1S/C18H25ClN2O/c1-12-2-3-15(9-17(12)19)20-6-4-14(5-7-20)21-10-13-8-18(22)16(13)11-21/h2-3,9,13-14,16,18,22H,4-8,10-11H2,1H3/t13-,16+,18+/m1/s1. The van der Waals surface area contributed by atoms with Crippen LogP contribution in [0.3, 0.4) is 0 Å². The van der Waals surface area contributed by atoms with Gasteiger partial charge in [0.25, 0.3) is 0 Å². The number of piperidine rings is 1. The molecule has 2 heterocycles. The van der Waals surface area contributed by atoms with Gasteiger partial charge in [-0.1, -0.05) is 17.7 Å². The van der Waals surface area contributed by atoms with Crippen molar-refractivity contribution in [3.63, 3.8) is 0 Å². The Kier molecular flexibility index (Phi) is 3.83. The third-order valence-electron chi connectivity index (χ3n) is 6.06. The predicted octanol–water partition coefficient (Wildman–Crippen LogP) is 2.93. The number of aliphatic hydroxyl groups excluding tert-OH is 1. The van der Waals surface area contributed by atoms with Gasteiger partial charge < -0.3 is 10.0 Å². The first-order valence-corrected chi connectivity index (χ1v) is 8.93. The van der Waals surface area contributed by atoms with Gasteiger partial charge in [0, 0.05) is 48.8 Å². The van der Waals surface area contributed by atoms with Crippen molar-refractivity contribution in [2.75, 3.05) is 31.1 Å². The molecule has 2 saturated heterocycles. The Morgan fingerprint density at radius 2 is 1.95 bits per heavy atom. The molecule has 1 aliphatic carbocycles. The molecule has 1 N–H and O–H groups in total. The van der Waals surface area contributed by atoms with Gasteiger partial charge >= 0.3 is 0 Å². The molecule has 3 fully saturated rings. The number of aryl methyl sites for hydroxylation is 1. The van der Waals surface area contributed by atoms with Crippen molar-refractivity contribution in [2.24, 2.45) is 11.8 Å². The van der Waals surface area contributed by atoms with Crippen LogP contribution >= 0.6 is 11.6 Å². The minimum Gasteiger partial charge on any atom is -0.393 e. The van der Waals surface area contributed by atoms with Gasteiger partial charge in [0.1, 0.15) is 0 Å². The molecule has 0 amide bonds. The van der Waals surface area contributed by atoms with Crippen LogP contribution < -0.4 is 4.90 Å². The van der Waals surface area contributed by atoms with Gasteiger partial charge in [-0.2, -0.15) is 0 Å². The lowest BCUT2D eigenvalue weighted by Crippen LogP contribution is -2.44. The Morgan fingerprint density at radius 1 is 1.18 bits per heavy atom. The van der Waals surface area contributed by atoms with Crippen molar-refractivity contribution in [3.05, 3.63) is 28.8 Å². The first kappa shape index (κ1) is 14.8.